The van der Waals surface area contributed by atoms with Gasteiger partial charge in [-0.3, -0.25) is 9.59 Å². The third-order valence-corrected chi connectivity index (χ3v) is 8.23. The highest BCUT2D eigenvalue weighted by molar-refractivity contribution is 7.99. The van der Waals surface area contributed by atoms with E-state index in [0.29, 0.717) is 16.6 Å². The largest absolute Gasteiger partial charge is 0.358 e. The summed E-state index contributed by atoms with van der Waals surface area (Å²) >= 11 is 14.6. The molecule has 0 aliphatic carbocycles. The lowest BCUT2D eigenvalue weighted by molar-refractivity contribution is -0.109. The fraction of sp³-hybridized carbons (Fsp3) is 0.310. The monoisotopic (exact) mass is 540 g/mol. The number of thioether (sulfide) groups is 1. The summed E-state index contributed by atoms with van der Waals surface area (Å²) in [7, 11) is 0. The molecule has 4 nitrogen and oxygen atoms in total. The predicted molar refractivity (Wildman–Crippen MR) is 150 cm³/mol. The average Bonchev–Trinajstić information content (AvgIpc) is 2.90. The highest BCUT2D eigenvalue weighted by Crippen LogP contribution is 2.40. The molecule has 0 aromatic heterocycles. The molecule has 1 unspecified atom stereocenters. The van der Waals surface area contributed by atoms with Gasteiger partial charge in [-0.2, -0.15) is 11.8 Å². The Kier molecular flexibility index (Phi) is 9.74. The molecule has 7 heteroatoms. The van der Waals surface area contributed by atoms with Gasteiger partial charge in [0.2, 0.25) is 6.41 Å². The summed E-state index contributed by atoms with van der Waals surface area (Å²) in [5, 5.41) is 3.88. The minimum Gasteiger partial charge on any atom is -0.358 e. The van der Waals surface area contributed by atoms with E-state index in [4.69, 9.17) is 23.2 Å². The maximum atomic E-state index is 13.3. The molecule has 2 amide bonds. The number of nitrogens with zero attached hydrogens (tertiary/aromatic N) is 1. The lowest BCUT2D eigenvalue weighted by Gasteiger charge is -2.43. The topological polar surface area (TPSA) is 49.4 Å². The van der Waals surface area contributed by atoms with Gasteiger partial charge >= 0.3 is 0 Å². The summed E-state index contributed by atoms with van der Waals surface area (Å²) in [6, 6.07) is 23.9. The number of hydrogen-bond acceptors (Lipinski definition) is 3. The SMILES string of the molecule is O=C1c2ccccc2CC(c2ccc(Cl)cc2Cl)N1C1CCSCC1.O=CNCCc1ccccc1. The molecule has 3 aromatic rings. The Morgan fingerprint density at radius 2 is 1.69 bits per heavy atom. The van der Waals surface area contributed by atoms with E-state index in [-0.39, 0.29) is 18.0 Å². The summed E-state index contributed by atoms with van der Waals surface area (Å²) in [4.78, 5) is 25.3. The molecule has 2 heterocycles. The van der Waals surface area contributed by atoms with Crippen LogP contribution in [0.5, 0.6) is 0 Å². The molecule has 36 heavy (non-hydrogen) atoms. The summed E-state index contributed by atoms with van der Waals surface area (Å²) in [6.45, 7) is 0.716. The van der Waals surface area contributed by atoms with Crippen LogP contribution in [-0.2, 0) is 17.6 Å². The van der Waals surface area contributed by atoms with Gasteiger partial charge in [-0.25, -0.2) is 0 Å². The van der Waals surface area contributed by atoms with Crippen LogP contribution in [0.2, 0.25) is 10.0 Å². The van der Waals surface area contributed by atoms with Crippen molar-refractivity contribution < 1.29 is 9.59 Å². The van der Waals surface area contributed by atoms with Crippen molar-refractivity contribution in [1.29, 1.82) is 0 Å². The molecule has 1 N–H and O–H groups in total. The highest BCUT2D eigenvalue weighted by Gasteiger charge is 2.38. The summed E-state index contributed by atoms with van der Waals surface area (Å²) in [5.74, 6) is 2.35. The van der Waals surface area contributed by atoms with E-state index in [9.17, 15) is 9.59 Å². The van der Waals surface area contributed by atoms with Crippen LogP contribution in [0, 0.1) is 0 Å². The summed E-state index contributed by atoms with van der Waals surface area (Å²) < 4.78 is 0. The van der Waals surface area contributed by atoms with E-state index in [1.807, 2.05) is 72.4 Å². The molecule has 0 radical (unpaired) electrons. The zero-order chi connectivity index (χ0) is 25.3. The Bertz CT molecular complexity index is 1170. The molecular weight excluding hydrogens is 511 g/mol. The van der Waals surface area contributed by atoms with Gasteiger partial charge in [-0.1, -0.05) is 77.8 Å². The van der Waals surface area contributed by atoms with Crippen molar-refractivity contribution in [2.45, 2.75) is 37.8 Å². The van der Waals surface area contributed by atoms with E-state index < -0.39 is 0 Å². The van der Waals surface area contributed by atoms with E-state index in [0.717, 1.165) is 60.3 Å². The van der Waals surface area contributed by atoms with Gasteiger partial charge < -0.3 is 10.2 Å². The molecule has 1 atom stereocenters. The van der Waals surface area contributed by atoms with Crippen LogP contribution in [0.4, 0.5) is 0 Å². The second kappa shape index (κ2) is 13.2. The number of carbonyl (C=O) groups excluding carboxylic acids is 2. The third kappa shape index (κ3) is 6.64. The first kappa shape index (κ1) is 26.6. The average molecular weight is 542 g/mol. The van der Waals surface area contributed by atoms with Gasteiger partial charge in [-0.05, 0) is 72.1 Å². The summed E-state index contributed by atoms with van der Waals surface area (Å²) in [5.41, 5.74) is 4.18. The first-order chi connectivity index (χ1) is 17.6. The molecule has 0 spiro atoms. The van der Waals surface area contributed by atoms with Crippen molar-refractivity contribution in [3.05, 3.63) is 105 Å². The number of amides is 2. The van der Waals surface area contributed by atoms with Crippen LogP contribution < -0.4 is 5.32 Å². The molecule has 188 valence electrons. The number of benzene rings is 3. The van der Waals surface area contributed by atoms with Crippen LogP contribution in [0.15, 0.2) is 72.8 Å². The molecule has 5 rings (SSSR count). The Morgan fingerprint density at radius 1 is 0.972 bits per heavy atom. The normalized spacial score (nSPS) is 17.6. The number of halogens is 2. The van der Waals surface area contributed by atoms with Gasteiger partial charge in [0.1, 0.15) is 0 Å². The molecule has 1 saturated heterocycles. The Hall–Kier alpha value is -2.47. The summed E-state index contributed by atoms with van der Waals surface area (Å²) in [6.07, 6.45) is 4.51. The van der Waals surface area contributed by atoms with Crippen LogP contribution in [0.1, 0.15) is 45.9 Å². The van der Waals surface area contributed by atoms with Crippen LogP contribution in [0.3, 0.4) is 0 Å². The van der Waals surface area contributed by atoms with E-state index in [1.165, 1.54) is 5.56 Å². The molecular formula is C29H30Cl2N2O2S. The maximum Gasteiger partial charge on any atom is 0.254 e. The van der Waals surface area contributed by atoms with Crippen molar-refractivity contribution in [1.82, 2.24) is 10.2 Å². The van der Waals surface area contributed by atoms with E-state index in [2.05, 4.69) is 16.3 Å². The molecule has 2 aliphatic rings. The molecule has 2 aliphatic heterocycles. The zero-order valence-corrected chi connectivity index (χ0v) is 22.4. The van der Waals surface area contributed by atoms with Crippen LogP contribution in [-0.4, -0.2) is 41.3 Å². The smallest absolute Gasteiger partial charge is 0.254 e. The molecule has 0 saturated carbocycles. The second-order valence-corrected chi connectivity index (χ2v) is 11.0. The van der Waals surface area contributed by atoms with Gasteiger partial charge in [0.05, 0.1) is 6.04 Å². The Labute approximate surface area is 227 Å². The second-order valence-electron chi connectivity index (χ2n) is 8.91. The standard InChI is InChI=1S/C20H19Cl2NOS.C9H11NO/c21-14-5-6-17(18(22)12-14)19-11-13-3-1-2-4-16(13)20(24)23(19)15-7-9-25-10-8-15;11-8-10-7-6-9-4-2-1-3-5-9/h1-6,12,15,19H,7-11H2;1-5,8H,6-7H2,(H,10,11). The van der Waals surface area contributed by atoms with Crippen molar-refractivity contribution in [3.8, 4) is 0 Å². The van der Waals surface area contributed by atoms with E-state index in [1.54, 1.807) is 6.07 Å². The fourth-order valence-corrected chi connectivity index (χ4v) is 6.45. The van der Waals surface area contributed by atoms with Gasteiger partial charge in [0.25, 0.3) is 5.91 Å². The van der Waals surface area contributed by atoms with Crippen molar-refractivity contribution in [2.75, 3.05) is 18.1 Å². The van der Waals surface area contributed by atoms with Gasteiger partial charge in [0.15, 0.2) is 0 Å². The quantitative estimate of drug-likeness (QED) is 0.283. The first-order valence-electron chi connectivity index (χ1n) is 12.2. The lowest BCUT2D eigenvalue weighted by atomic mass is 9.87. The van der Waals surface area contributed by atoms with Crippen LogP contribution >= 0.6 is 35.0 Å². The predicted octanol–water partition coefficient (Wildman–Crippen LogP) is 6.60. The van der Waals surface area contributed by atoms with E-state index >= 15 is 0 Å². The van der Waals surface area contributed by atoms with Gasteiger partial charge in [-0.15, -0.1) is 0 Å². The van der Waals surface area contributed by atoms with Gasteiger partial charge in [0, 0.05) is 28.2 Å². The maximum absolute atomic E-state index is 13.3. The minimum absolute atomic E-state index is 0.0275. The Balaban J connectivity index is 0.000000233. The number of rotatable bonds is 6. The lowest BCUT2D eigenvalue weighted by Crippen LogP contribution is -2.48. The first-order valence-corrected chi connectivity index (χ1v) is 14.1. The van der Waals surface area contributed by atoms with Crippen molar-refractivity contribution in [2.24, 2.45) is 0 Å². The number of fused-ring (bicyclic) bond motifs is 1. The van der Waals surface area contributed by atoms with Crippen molar-refractivity contribution in [3.63, 3.8) is 0 Å². The minimum atomic E-state index is -0.0275. The number of hydrogen-bond donors (Lipinski definition) is 1. The molecule has 1 fully saturated rings. The third-order valence-electron chi connectivity index (χ3n) is 6.62. The van der Waals surface area contributed by atoms with Crippen molar-refractivity contribution >= 4 is 47.3 Å². The number of carbonyl (C=O) groups is 2. The zero-order valence-electron chi connectivity index (χ0n) is 20.0. The number of nitrogens with one attached hydrogen (secondary N) is 1. The Morgan fingerprint density at radius 3 is 2.42 bits per heavy atom. The fourth-order valence-electron chi connectivity index (χ4n) is 4.83. The highest BCUT2D eigenvalue weighted by atomic mass is 35.5. The molecule has 0 bridgehead atoms. The molecule has 3 aromatic carbocycles. The van der Waals surface area contributed by atoms with Crippen LogP contribution in [0.25, 0.3) is 0 Å².